The standard InChI is InChI=1S/C27H21F3N2O6/c1-35-25(33)22-23(31-32(24(22)26(34)36-2)19-9-4-3-5-10-19)18-8-6-7-17(15-18)16-37-20-11-13-21(14-12-20)38-27(28,29)30/h3-15H,16H2,1-2H3. The summed E-state index contributed by atoms with van der Waals surface area (Å²) in [6.45, 7) is 0.0596. The van der Waals surface area contributed by atoms with E-state index in [0.717, 1.165) is 12.1 Å². The van der Waals surface area contributed by atoms with Crippen molar-refractivity contribution >= 4 is 11.9 Å². The monoisotopic (exact) mass is 526 g/mol. The topological polar surface area (TPSA) is 88.9 Å². The van der Waals surface area contributed by atoms with Crippen LogP contribution in [0.15, 0.2) is 78.9 Å². The normalized spacial score (nSPS) is 11.1. The molecule has 0 unspecified atom stereocenters. The zero-order chi connectivity index (χ0) is 27.3. The number of hydrogen-bond donors (Lipinski definition) is 0. The molecule has 0 N–H and O–H groups in total. The summed E-state index contributed by atoms with van der Waals surface area (Å²) in [5, 5.41) is 4.56. The summed E-state index contributed by atoms with van der Waals surface area (Å²) in [6.07, 6.45) is -4.78. The highest BCUT2D eigenvalue weighted by Gasteiger charge is 2.32. The SMILES string of the molecule is COC(=O)c1c(-c2cccc(COc3ccc(OC(F)(F)F)cc3)c2)nn(-c2ccccc2)c1C(=O)OC. The predicted octanol–water partition coefficient (Wildman–Crippen LogP) is 5.59. The van der Waals surface area contributed by atoms with Gasteiger partial charge in [-0.3, -0.25) is 0 Å². The molecule has 0 radical (unpaired) electrons. The quantitative estimate of drug-likeness (QED) is 0.277. The van der Waals surface area contributed by atoms with Crippen molar-refractivity contribution < 1.29 is 41.7 Å². The minimum atomic E-state index is -4.78. The molecule has 4 aromatic rings. The van der Waals surface area contributed by atoms with Gasteiger partial charge in [-0.2, -0.15) is 5.10 Å². The summed E-state index contributed by atoms with van der Waals surface area (Å²) in [6, 6.07) is 20.7. The van der Waals surface area contributed by atoms with Gasteiger partial charge in [-0.05, 0) is 48.0 Å². The average molecular weight is 526 g/mol. The first-order valence-electron chi connectivity index (χ1n) is 11.1. The van der Waals surface area contributed by atoms with Crippen LogP contribution in [0.4, 0.5) is 13.2 Å². The lowest BCUT2D eigenvalue weighted by molar-refractivity contribution is -0.274. The van der Waals surface area contributed by atoms with Crippen molar-refractivity contribution in [1.82, 2.24) is 9.78 Å². The first-order chi connectivity index (χ1) is 18.2. The molecule has 8 nitrogen and oxygen atoms in total. The van der Waals surface area contributed by atoms with E-state index in [9.17, 15) is 22.8 Å². The van der Waals surface area contributed by atoms with Gasteiger partial charge in [0.15, 0.2) is 5.69 Å². The van der Waals surface area contributed by atoms with Gasteiger partial charge in [0.2, 0.25) is 0 Å². The maximum absolute atomic E-state index is 12.8. The number of carbonyl (C=O) groups excluding carboxylic acids is 2. The Labute approximate surface area is 215 Å². The molecule has 0 spiro atoms. The number of ether oxygens (including phenoxy) is 4. The number of carbonyl (C=O) groups is 2. The molecule has 0 aliphatic heterocycles. The number of benzene rings is 3. The van der Waals surface area contributed by atoms with Crippen LogP contribution in [0.1, 0.15) is 26.4 Å². The van der Waals surface area contributed by atoms with Crippen LogP contribution in [-0.4, -0.2) is 42.3 Å². The number of hydrogen-bond acceptors (Lipinski definition) is 7. The molecular weight excluding hydrogens is 505 g/mol. The molecule has 11 heteroatoms. The van der Waals surface area contributed by atoms with E-state index in [4.69, 9.17) is 14.2 Å². The molecule has 0 bridgehead atoms. The van der Waals surface area contributed by atoms with Gasteiger partial charge in [-0.15, -0.1) is 13.2 Å². The van der Waals surface area contributed by atoms with Crippen LogP contribution >= 0.6 is 0 Å². The summed E-state index contributed by atoms with van der Waals surface area (Å²) >= 11 is 0. The van der Waals surface area contributed by atoms with Gasteiger partial charge in [0, 0.05) is 5.56 Å². The minimum Gasteiger partial charge on any atom is -0.489 e. The van der Waals surface area contributed by atoms with Gasteiger partial charge in [0.25, 0.3) is 0 Å². The second-order valence-electron chi connectivity index (χ2n) is 7.81. The summed E-state index contributed by atoms with van der Waals surface area (Å²) < 4.78 is 57.8. The third-order valence-corrected chi connectivity index (χ3v) is 5.32. The largest absolute Gasteiger partial charge is 0.573 e. The van der Waals surface area contributed by atoms with E-state index in [1.165, 1.54) is 31.0 Å². The Morgan fingerprint density at radius 1 is 0.842 bits per heavy atom. The molecule has 196 valence electrons. The third kappa shape index (κ3) is 5.94. The lowest BCUT2D eigenvalue weighted by Gasteiger charge is -2.10. The minimum absolute atomic E-state index is 0.0596. The van der Waals surface area contributed by atoms with Gasteiger partial charge in [0.1, 0.15) is 29.4 Å². The summed E-state index contributed by atoms with van der Waals surface area (Å²) in [4.78, 5) is 25.6. The Kier molecular flexibility index (Phi) is 7.66. The van der Waals surface area contributed by atoms with Crippen LogP contribution in [0.25, 0.3) is 16.9 Å². The second-order valence-corrected chi connectivity index (χ2v) is 7.81. The molecular formula is C27H21F3N2O6. The molecule has 0 fully saturated rings. The highest BCUT2D eigenvalue weighted by atomic mass is 19.4. The maximum atomic E-state index is 12.8. The van der Waals surface area contributed by atoms with Crippen molar-refractivity contribution in [3.8, 4) is 28.4 Å². The van der Waals surface area contributed by atoms with E-state index in [-0.39, 0.29) is 29.3 Å². The fourth-order valence-electron chi connectivity index (χ4n) is 3.67. The van der Waals surface area contributed by atoms with Gasteiger partial charge in [-0.1, -0.05) is 36.4 Å². The van der Waals surface area contributed by atoms with Crippen molar-refractivity contribution in [2.45, 2.75) is 13.0 Å². The van der Waals surface area contributed by atoms with Crippen molar-refractivity contribution in [3.05, 3.63) is 95.7 Å². The molecule has 0 aliphatic rings. The Balaban J connectivity index is 1.67. The molecule has 3 aromatic carbocycles. The Bertz CT molecular complexity index is 1430. The molecule has 38 heavy (non-hydrogen) atoms. The zero-order valence-corrected chi connectivity index (χ0v) is 20.2. The number of rotatable bonds is 8. The first kappa shape index (κ1) is 26.3. The van der Waals surface area contributed by atoms with Crippen LogP contribution in [0.3, 0.4) is 0 Å². The maximum Gasteiger partial charge on any atom is 0.573 e. The summed E-state index contributed by atoms with van der Waals surface area (Å²) in [5.74, 6) is -1.59. The van der Waals surface area contributed by atoms with Gasteiger partial charge >= 0.3 is 18.3 Å². The number of alkyl halides is 3. The van der Waals surface area contributed by atoms with Gasteiger partial charge < -0.3 is 18.9 Å². The van der Waals surface area contributed by atoms with E-state index < -0.39 is 18.3 Å². The number of esters is 2. The molecule has 0 atom stereocenters. The van der Waals surface area contributed by atoms with Crippen LogP contribution in [0, 0.1) is 0 Å². The van der Waals surface area contributed by atoms with E-state index >= 15 is 0 Å². The van der Waals surface area contributed by atoms with Crippen molar-refractivity contribution in [2.24, 2.45) is 0 Å². The second kappa shape index (κ2) is 11.1. The van der Waals surface area contributed by atoms with Gasteiger partial charge in [-0.25, -0.2) is 14.3 Å². The van der Waals surface area contributed by atoms with Crippen LogP contribution in [0.2, 0.25) is 0 Å². The number of nitrogens with zero attached hydrogens (tertiary/aromatic N) is 2. The molecule has 1 aromatic heterocycles. The molecule has 4 rings (SSSR count). The van der Waals surface area contributed by atoms with E-state index in [1.54, 1.807) is 54.6 Å². The van der Waals surface area contributed by atoms with Crippen LogP contribution in [0.5, 0.6) is 11.5 Å². The lowest BCUT2D eigenvalue weighted by Crippen LogP contribution is -2.16. The highest BCUT2D eigenvalue weighted by Crippen LogP contribution is 2.30. The first-order valence-corrected chi connectivity index (χ1v) is 11.1. The zero-order valence-electron chi connectivity index (χ0n) is 20.2. The molecule has 0 aliphatic carbocycles. The number of halogens is 3. The van der Waals surface area contributed by atoms with Crippen molar-refractivity contribution in [3.63, 3.8) is 0 Å². The predicted molar refractivity (Wildman–Crippen MR) is 129 cm³/mol. The molecule has 0 saturated carbocycles. The smallest absolute Gasteiger partial charge is 0.489 e. The van der Waals surface area contributed by atoms with E-state index in [0.29, 0.717) is 22.6 Å². The Morgan fingerprint density at radius 3 is 2.13 bits per heavy atom. The van der Waals surface area contributed by atoms with Crippen LogP contribution < -0.4 is 9.47 Å². The van der Waals surface area contributed by atoms with Crippen molar-refractivity contribution in [2.75, 3.05) is 14.2 Å². The third-order valence-electron chi connectivity index (χ3n) is 5.32. The molecule has 1 heterocycles. The Morgan fingerprint density at radius 2 is 1.50 bits per heavy atom. The van der Waals surface area contributed by atoms with Crippen molar-refractivity contribution in [1.29, 1.82) is 0 Å². The fourth-order valence-corrected chi connectivity index (χ4v) is 3.67. The fraction of sp³-hybridized carbons (Fsp3) is 0.148. The number of aromatic nitrogens is 2. The van der Waals surface area contributed by atoms with Crippen LogP contribution in [-0.2, 0) is 16.1 Å². The average Bonchev–Trinajstić information content (AvgIpc) is 3.32. The number of methoxy groups -OCH3 is 2. The highest BCUT2D eigenvalue weighted by molar-refractivity contribution is 6.06. The van der Waals surface area contributed by atoms with E-state index in [1.807, 2.05) is 0 Å². The lowest BCUT2D eigenvalue weighted by atomic mass is 10.0. The Hall–Kier alpha value is -4.80. The summed E-state index contributed by atoms with van der Waals surface area (Å²) in [5.41, 5.74) is 1.73. The van der Waals surface area contributed by atoms with E-state index in [2.05, 4.69) is 9.84 Å². The van der Waals surface area contributed by atoms with Gasteiger partial charge in [0.05, 0.1) is 19.9 Å². The molecule has 0 saturated heterocycles. The number of para-hydroxylation sites is 1. The summed E-state index contributed by atoms with van der Waals surface area (Å²) in [7, 11) is 2.40. The molecule has 0 amide bonds.